The minimum absolute atomic E-state index is 0.664. The van der Waals surface area contributed by atoms with Crippen LogP contribution in [0, 0.1) is 13.8 Å². The van der Waals surface area contributed by atoms with E-state index < -0.39 is 0 Å². The summed E-state index contributed by atoms with van der Waals surface area (Å²) in [6, 6.07) is 17.5. The molecule has 0 saturated carbocycles. The molecule has 2 rings (SSSR count). The van der Waals surface area contributed by atoms with E-state index in [0.29, 0.717) is 5.88 Å². The molecular formula is C18H22ClN. The van der Waals surface area contributed by atoms with Gasteiger partial charge in [-0.05, 0) is 25.0 Å². The van der Waals surface area contributed by atoms with Crippen LogP contribution in [0.3, 0.4) is 0 Å². The van der Waals surface area contributed by atoms with Crippen LogP contribution in [-0.4, -0.2) is 17.3 Å². The number of nitrogens with zero attached hydrogens (tertiary/aromatic N) is 1. The molecule has 1 nitrogen and oxygen atoms in total. The molecular weight excluding hydrogens is 266 g/mol. The van der Waals surface area contributed by atoms with E-state index in [1.165, 1.54) is 22.3 Å². The number of aryl methyl sites for hydroxylation is 2. The molecule has 0 radical (unpaired) electrons. The maximum absolute atomic E-state index is 5.94. The maximum Gasteiger partial charge on any atom is 0.0351 e. The van der Waals surface area contributed by atoms with Gasteiger partial charge in [-0.1, -0.05) is 59.7 Å². The topological polar surface area (TPSA) is 3.24 Å². The third kappa shape index (κ3) is 4.66. The van der Waals surface area contributed by atoms with Crippen molar-refractivity contribution in [3.8, 4) is 0 Å². The molecule has 0 unspecified atom stereocenters. The highest BCUT2D eigenvalue weighted by atomic mass is 35.5. The molecule has 2 heteroatoms. The van der Waals surface area contributed by atoms with Crippen molar-refractivity contribution in [2.24, 2.45) is 0 Å². The van der Waals surface area contributed by atoms with E-state index in [-0.39, 0.29) is 0 Å². The van der Waals surface area contributed by atoms with Crippen molar-refractivity contribution in [2.75, 3.05) is 12.4 Å². The molecule has 2 aromatic carbocycles. The summed E-state index contributed by atoms with van der Waals surface area (Å²) in [6.07, 6.45) is 0. The molecule has 0 bridgehead atoms. The van der Waals surface area contributed by atoms with E-state index in [1.807, 2.05) is 0 Å². The van der Waals surface area contributed by atoms with Crippen molar-refractivity contribution >= 4 is 11.6 Å². The second-order valence-electron chi connectivity index (χ2n) is 5.37. The van der Waals surface area contributed by atoms with Gasteiger partial charge < -0.3 is 0 Å². The fourth-order valence-electron chi connectivity index (χ4n) is 2.24. The average Bonchev–Trinajstić information content (AvgIpc) is 2.44. The Morgan fingerprint density at radius 3 is 1.50 bits per heavy atom. The molecule has 0 spiro atoms. The van der Waals surface area contributed by atoms with E-state index in [1.54, 1.807) is 0 Å². The smallest absolute Gasteiger partial charge is 0.0351 e. The molecule has 106 valence electrons. The number of rotatable bonds is 6. The van der Waals surface area contributed by atoms with Crippen molar-refractivity contribution in [1.29, 1.82) is 0 Å². The van der Waals surface area contributed by atoms with Gasteiger partial charge >= 0.3 is 0 Å². The lowest BCUT2D eigenvalue weighted by molar-refractivity contribution is 0.273. The Morgan fingerprint density at radius 2 is 1.15 bits per heavy atom. The van der Waals surface area contributed by atoms with E-state index in [2.05, 4.69) is 67.3 Å². The molecule has 0 amide bonds. The molecule has 0 heterocycles. The normalized spacial score (nSPS) is 11.0. The molecule has 0 aromatic heterocycles. The summed E-state index contributed by atoms with van der Waals surface area (Å²) in [6.45, 7) is 7.03. The lowest BCUT2D eigenvalue weighted by atomic mass is 10.1. The number of hydrogen-bond acceptors (Lipinski definition) is 1. The summed E-state index contributed by atoms with van der Waals surface area (Å²) in [4.78, 5) is 2.39. The van der Waals surface area contributed by atoms with E-state index in [0.717, 1.165) is 19.6 Å². The minimum atomic E-state index is 0.664. The second-order valence-corrected chi connectivity index (χ2v) is 5.75. The Kier molecular flexibility index (Phi) is 5.63. The van der Waals surface area contributed by atoms with Crippen LogP contribution in [-0.2, 0) is 13.1 Å². The maximum atomic E-state index is 5.94. The summed E-state index contributed by atoms with van der Waals surface area (Å²) in [5.41, 5.74) is 5.29. The molecule has 0 atom stereocenters. The third-order valence-corrected chi connectivity index (χ3v) is 3.62. The van der Waals surface area contributed by atoms with Crippen molar-refractivity contribution < 1.29 is 0 Å². The van der Waals surface area contributed by atoms with Crippen LogP contribution in [0.15, 0.2) is 48.5 Å². The van der Waals surface area contributed by atoms with Gasteiger partial charge in [0.25, 0.3) is 0 Å². The fourth-order valence-corrected chi connectivity index (χ4v) is 2.48. The van der Waals surface area contributed by atoms with Crippen LogP contribution in [0.5, 0.6) is 0 Å². The van der Waals surface area contributed by atoms with Crippen LogP contribution < -0.4 is 0 Å². The van der Waals surface area contributed by atoms with Gasteiger partial charge in [0.05, 0.1) is 0 Å². The van der Waals surface area contributed by atoms with Crippen LogP contribution >= 0.6 is 11.6 Å². The monoisotopic (exact) mass is 287 g/mol. The first-order chi connectivity index (χ1) is 9.67. The highest BCUT2D eigenvalue weighted by Crippen LogP contribution is 2.12. The van der Waals surface area contributed by atoms with Crippen LogP contribution in [0.4, 0.5) is 0 Å². The van der Waals surface area contributed by atoms with Crippen LogP contribution in [0.2, 0.25) is 0 Å². The molecule has 2 aromatic rings. The fraction of sp³-hybridized carbons (Fsp3) is 0.333. The summed E-state index contributed by atoms with van der Waals surface area (Å²) >= 11 is 5.94. The molecule has 0 aliphatic rings. The summed E-state index contributed by atoms with van der Waals surface area (Å²) in [7, 11) is 0. The molecule has 20 heavy (non-hydrogen) atoms. The third-order valence-electron chi connectivity index (χ3n) is 3.45. The lowest BCUT2D eigenvalue weighted by Gasteiger charge is -2.21. The SMILES string of the molecule is Cc1ccc(CN(CCCl)Cc2ccc(C)cc2)cc1. The minimum Gasteiger partial charge on any atom is -0.294 e. The standard InChI is InChI=1S/C18H22ClN/c1-15-3-7-17(8-4-15)13-20(12-11-19)14-18-9-5-16(2)6-10-18/h3-10H,11-14H2,1-2H3. The molecule has 0 aliphatic heterocycles. The second kappa shape index (κ2) is 7.47. The van der Waals surface area contributed by atoms with E-state index in [9.17, 15) is 0 Å². The predicted octanol–water partition coefficient (Wildman–Crippen LogP) is 4.54. The Bertz CT molecular complexity index is 469. The summed E-state index contributed by atoms with van der Waals surface area (Å²) in [5, 5.41) is 0. The van der Waals surface area contributed by atoms with Gasteiger partial charge in [-0.3, -0.25) is 4.90 Å². The largest absolute Gasteiger partial charge is 0.294 e. The van der Waals surface area contributed by atoms with E-state index >= 15 is 0 Å². The highest BCUT2D eigenvalue weighted by Gasteiger charge is 2.06. The first-order valence-electron chi connectivity index (χ1n) is 7.07. The van der Waals surface area contributed by atoms with Crippen molar-refractivity contribution in [1.82, 2.24) is 4.90 Å². The van der Waals surface area contributed by atoms with Gasteiger partial charge in [0.1, 0.15) is 0 Å². The van der Waals surface area contributed by atoms with E-state index in [4.69, 9.17) is 11.6 Å². The van der Waals surface area contributed by atoms with Crippen LogP contribution in [0.25, 0.3) is 0 Å². The van der Waals surface area contributed by atoms with Gasteiger partial charge in [0.2, 0.25) is 0 Å². The first kappa shape index (κ1) is 15.1. The molecule has 0 saturated heterocycles. The zero-order valence-corrected chi connectivity index (χ0v) is 13.0. The Hall–Kier alpha value is -1.31. The molecule has 0 N–H and O–H groups in total. The van der Waals surface area contributed by atoms with Gasteiger partial charge in [-0.15, -0.1) is 11.6 Å². The van der Waals surface area contributed by atoms with Gasteiger partial charge in [0.15, 0.2) is 0 Å². The predicted molar refractivity (Wildman–Crippen MR) is 87.2 cm³/mol. The van der Waals surface area contributed by atoms with Crippen molar-refractivity contribution in [3.63, 3.8) is 0 Å². The number of hydrogen-bond donors (Lipinski definition) is 0. The number of halogens is 1. The van der Waals surface area contributed by atoms with Gasteiger partial charge in [-0.2, -0.15) is 0 Å². The van der Waals surface area contributed by atoms with Gasteiger partial charge in [-0.25, -0.2) is 0 Å². The Morgan fingerprint density at radius 1 is 0.750 bits per heavy atom. The average molecular weight is 288 g/mol. The van der Waals surface area contributed by atoms with Gasteiger partial charge in [0, 0.05) is 25.5 Å². The Balaban J connectivity index is 2.02. The van der Waals surface area contributed by atoms with Crippen molar-refractivity contribution in [2.45, 2.75) is 26.9 Å². The highest BCUT2D eigenvalue weighted by molar-refractivity contribution is 6.18. The zero-order valence-electron chi connectivity index (χ0n) is 12.3. The molecule has 0 aliphatic carbocycles. The molecule has 0 fully saturated rings. The van der Waals surface area contributed by atoms with Crippen molar-refractivity contribution in [3.05, 3.63) is 70.8 Å². The zero-order chi connectivity index (χ0) is 14.4. The lowest BCUT2D eigenvalue weighted by Crippen LogP contribution is -2.24. The summed E-state index contributed by atoms with van der Waals surface area (Å²) < 4.78 is 0. The number of benzene rings is 2. The number of alkyl halides is 1. The quantitative estimate of drug-likeness (QED) is 0.705. The first-order valence-corrected chi connectivity index (χ1v) is 7.60. The van der Waals surface area contributed by atoms with Crippen LogP contribution in [0.1, 0.15) is 22.3 Å². The Labute approximate surface area is 127 Å². The summed E-state index contributed by atoms with van der Waals surface area (Å²) in [5.74, 6) is 0.664.